The first-order valence-corrected chi connectivity index (χ1v) is 6.67. The lowest BCUT2D eigenvalue weighted by Crippen LogP contribution is -2.09. The number of esters is 1. The Kier molecular flexibility index (Phi) is 5.28. The van der Waals surface area contributed by atoms with Gasteiger partial charge in [0.15, 0.2) is 0 Å². The van der Waals surface area contributed by atoms with Crippen molar-refractivity contribution in [3.05, 3.63) is 29.1 Å². The van der Waals surface area contributed by atoms with E-state index in [4.69, 9.17) is 10.5 Å². The number of carbonyl (C=O) groups excluding carboxylic acids is 1. The Balaban J connectivity index is 2.63. The number of hydrogen-bond acceptors (Lipinski definition) is 4. The third-order valence-electron chi connectivity index (χ3n) is 2.35. The fourth-order valence-electron chi connectivity index (χ4n) is 1.27. The van der Waals surface area contributed by atoms with Gasteiger partial charge in [-0.15, -0.1) is 0 Å². The van der Waals surface area contributed by atoms with Crippen LogP contribution in [-0.4, -0.2) is 24.6 Å². The van der Waals surface area contributed by atoms with E-state index in [9.17, 15) is 9.18 Å². The number of hydrogen-bond donors (Lipinski definition) is 1. The summed E-state index contributed by atoms with van der Waals surface area (Å²) in [7, 11) is 0. The van der Waals surface area contributed by atoms with Crippen molar-refractivity contribution in [3.8, 4) is 0 Å². The van der Waals surface area contributed by atoms with Crippen molar-refractivity contribution in [2.24, 2.45) is 0 Å². The van der Waals surface area contributed by atoms with Gasteiger partial charge < -0.3 is 10.5 Å². The molecular formula is C12H16FNO2S. The van der Waals surface area contributed by atoms with Crippen LogP contribution in [0.3, 0.4) is 0 Å². The van der Waals surface area contributed by atoms with E-state index >= 15 is 0 Å². The molecule has 0 fully saturated rings. The molecule has 0 radical (unpaired) electrons. The van der Waals surface area contributed by atoms with Crippen LogP contribution < -0.4 is 5.73 Å². The van der Waals surface area contributed by atoms with Crippen molar-refractivity contribution in [1.29, 1.82) is 0 Å². The minimum Gasteiger partial charge on any atom is -0.462 e. The second-order valence-corrected chi connectivity index (χ2v) is 4.64. The monoisotopic (exact) mass is 257 g/mol. The summed E-state index contributed by atoms with van der Waals surface area (Å²) in [6, 6.07) is 2.60. The first-order valence-electron chi connectivity index (χ1n) is 5.28. The minimum atomic E-state index is -0.531. The van der Waals surface area contributed by atoms with E-state index in [1.54, 1.807) is 18.7 Å². The van der Waals surface area contributed by atoms with Gasteiger partial charge in [0.05, 0.1) is 12.2 Å². The van der Waals surface area contributed by atoms with Crippen molar-refractivity contribution in [2.75, 3.05) is 24.3 Å². The molecule has 0 amide bonds. The second kappa shape index (κ2) is 6.49. The van der Waals surface area contributed by atoms with E-state index in [0.717, 1.165) is 18.2 Å². The highest BCUT2D eigenvalue weighted by Crippen LogP contribution is 2.18. The fraction of sp³-hybridized carbons (Fsp3) is 0.417. The minimum absolute atomic E-state index is 0.162. The van der Waals surface area contributed by atoms with Crippen LogP contribution in [0, 0.1) is 12.7 Å². The summed E-state index contributed by atoms with van der Waals surface area (Å²) >= 11 is 1.68. The van der Waals surface area contributed by atoms with Gasteiger partial charge in [0, 0.05) is 11.3 Å². The van der Waals surface area contributed by atoms with E-state index in [2.05, 4.69) is 0 Å². The molecule has 5 heteroatoms. The molecule has 2 N–H and O–H groups in total. The first kappa shape index (κ1) is 13.8. The Bertz CT molecular complexity index is 386. The predicted molar refractivity (Wildman–Crippen MR) is 68.8 cm³/mol. The summed E-state index contributed by atoms with van der Waals surface area (Å²) in [5.41, 5.74) is 6.36. The van der Waals surface area contributed by atoms with Gasteiger partial charge in [-0.25, -0.2) is 9.18 Å². The van der Waals surface area contributed by atoms with Crippen molar-refractivity contribution in [3.63, 3.8) is 0 Å². The summed E-state index contributed by atoms with van der Waals surface area (Å²) in [6.45, 7) is 1.91. The molecule has 0 aliphatic rings. The Hall–Kier alpha value is -1.23. The van der Waals surface area contributed by atoms with Crippen LogP contribution in [0.1, 0.15) is 22.3 Å². The molecule has 3 nitrogen and oxygen atoms in total. The van der Waals surface area contributed by atoms with Gasteiger partial charge >= 0.3 is 5.97 Å². The van der Waals surface area contributed by atoms with Crippen LogP contribution in [0.25, 0.3) is 0 Å². The summed E-state index contributed by atoms with van der Waals surface area (Å²) in [5, 5.41) is 0. The lowest BCUT2D eigenvalue weighted by atomic mass is 10.1. The van der Waals surface area contributed by atoms with Crippen molar-refractivity contribution < 1.29 is 13.9 Å². The first-order chi connectivity index (χ1) is 8.06. The number of carbonyl (C=O) groups is 1. The number of nitrogen functional groups attached to an aromatic ring is 1. The molecule has 1 aromatic rings. The highest BCUT2D eigenvalue weighted by atomic mass is 32.2. The van der Waals surface area contributed by atoms with Crippen LogP contribution in [0.2, 0.25) is 0 Å². The summed E-state index contributed by atoms with van der Waals surface area (Å²) in [5.74, 6) is -0.0877. The number of rotatable bonds is 5. The Morgan fingerprint density at radius 2 is 2.24 bits per heavy atom. The molecule has 1 aromatic carbocycles. The van der Waals surface area contributed by atoms with Crippen LogP contribution in [-0.2, 0) is 4.74 Å². The number of nitrogens with two attached hydrogens (primary N) is 1. The van der Waals surface area contributed by atoms with Gasteiger partial charge in [-0.05, 0) is 37.5 Å². The molecule has 0 saturated heterocycles. The number of thioether (sulfide) groups is 1. The van der Waals surface area contributed by atoms with Gasteiger partial charge in [-0.3, -0.25) is 0 Å². The Morgan fingerprint density at radius 1 is 1.53 bits per heavy atom. The molecule has 0 spiro atoms. The maximum Gasteiger partial charge on any atom is 0.338 e. The molecule has 0 atom stereocenters. The quantitative estimate of drug-likeness (QED) is 0.500. The third kappa shape index (κ3) is 3.93. The highest BCUT2D eigenvalue weighted by molar-refractivity contribution is 7.98. The lowest BCUT2D eigenvalue weighted by Gasteiger charge is -2.07. The summed E-state index contributed by atoms with van der Waals surface area (Å²) in [6.07, 6.45) is 2.77. The Morgan fingerprint density at radius 3 is 2.82 bits per heavy atom. The van der Waals surface area contributed by atoms with Crippen molar-refractivity contribution in [2.45, 2.75) is 13.3 Å². The fourth-order valence-corrected chi connectivity index (χ4v) is 1.68. The standard InChI is InChI=1S/C12H16FNO2S/c1-8-10(13)6-9(7-11(8)14)12(15)16-4-3-5-17-2/h6-7H,3-5,14H2,1-2H3. The zero-order chi connectivity index (χ0) is 12.8. The van der Waals surface area contributed by atoms with Crippen LogP contribution in [0.5, 0.6) is 0 Å². The van der Waals surface area contributed by atoms with E-state index in [1.165, 1.54) is 6.07 Å². The average Bonchev–Trinajstić information content (AvgIpc) is 2.30. The maximum absolute atomic E-state index is 13.4. The van der Waals surface area contributed by atoms with Gasteiger partial charge in [0.25, 0.3) is 0 Å². The molecule has 94 valence electrons. The molecule has 0 saturated carbocycles. The predicted octanol–water partition coefficient (Wildman–Crippen LogP) is 2.63. The molecule has 0 unspecified atom stereocenters. The molecule has 1 rings (SSSR count). The van der Waals surface area contributed by atoms with Gasteiger partial charge in [-0.1, -0.05) is 0 Å². The highest BCUT2D eigenvalue weighted by Gasteiger charge is 2.11. The average molecular weight is 257 g/mol. The largest absolute Gasteiger partial charge is 0.462 e. The molecule has 0 aliphatic heterocycles. The topological polar surface area (TPSA) is 52.3 Å². The van der Waals surface area contributed by atoms with Crippen molar-refractivity contribution >= 4 is 23.4 Å². The van der Waals surface area contributed by atoms with Crippen molar-refractivity contribution in [1.82, 2.24) is 0 Å². The zero-order valence-corrected chi connectivity index (χ0v) is 10.8. The van der Waals surface area contributed by atoms with Crippen LogP contribution in [0.15, 0.2) is 12.1 Å². The molecule has 0 bridgehead atoms. The molecule has 0 heterocycles. The van der Waals surface area contributed by atoms with E-state index < -0.39 is 11.8 Å². The number of benzene rings is 1. The van der Waals surface area contributed by atoms with Crippen LogP contribution in [0.4, 0.5) is 10.1 Å². The third-order valence-corrected chi connectivity index (χ3v) is 3.04. The normalized spacial score (nSPS) is 10.3. The second-order valence-electron chi connectivity index (χ2n) is 3.65. The Labute approximate surface area is 105 Å². The summed E-state index contributed by atoms with van der Waals surface area (Å²) in [4.78, 5) is 11.6. The van der Waals surface area contributed by atoms with Gasteiger partial charge in [-0.2, -0.15) is 11.8 Å². The molecular weight excluding hydrogens is 241 g/mol. The molecule has 0 aromatic heterocycles. The maximum atomic E-state index is 13.4. The molecule has 17 heavy (non-hydrogen) atoms. The van der Waals surface area contributed by atoms with Gasteiger partial charge in [0.2, 0.25) is 0 Å². The number of ether oxygens (including phenoxy) is 1. The number of anilines is 1. The van der Waals surface area contributed by atoms with E-state index in [-0.39, 0.29) is 11.3 Å². The van der Waals surface area contributed by atoms with E-state index in [0.29, 0.717) is 12.2 Å². The van der Waals surface area contributed by atoms with Crippen LogP contribution >= 0.6 is 11.8 Å². The number of halogens is 1. The lowest BCUT2D eigenvalue weighted by molar-refractivity contribution is 0.0506. The zero-order valence-electron chi connectivity index (χ0n) is 9.96. The molecule has 0 aliphatic carbocycles. The summed E-state index contributed by atoms with van der Waals surface area (Å²) < 4.78 is 18.4. The van der Waals surface area contributed by atoms with E-state index in [1.807, 2.05) is 6.26 Å². The smallest absolute Gasteiger partial charge is 0.338 e. The SMILES string of the molecule is CSCCCOC(=O)c1cc(N)c(C)c(F)c1. The van der Waals surface area contributed by atoms with Gasteiger partial charge in [0.1, 0.15) is 5.82 Å².